The maximum absolute atomic E-state index is 12.3. The summed E-state index contributed by atoms with van der Waals surface area (Å²) in [7, 11) is -1.75. The molecule has 0 atom stereocenters. The summed E-state index contributed by atoms with van der Waals surface area (Å²) in [6.07, 6.45) is 3.52. The lowest BCUT2D eigenvalue weighted by molar-refractivity contribution is 0.488. The highest BCUT2D eigenvalue weighted by molar-refractivity contribution is 7.98. The fraction of sp³-hybridized carbons (Fsp3) is 0.667. The highest BCUT2D eigenvalue weighted by Crippen LogP contribution is 2.16. The predicted octanol–water partition coefficient (Wildman–Crippen LogP) is 1.50. The number of nitrogens with one attached hydrogen (secondary N) is 2. The molecular weight excluding hydrogens is 282 g/mol. The molecule has 0 amide bonds. The average Bonchev–Trinajstić information content (AvgIpc) is 2.82. The van der Waals surface area contributed by atoms with Crippen LogP contribution in [0.15, 0.2) is 17.2 Å². The summed E-state index contributed by atoms with van der Waals surface area (Å²) in [5, 5.41) is 3.25. The molecule has 0 saturated heterocycles. The van der Waals surface area contributed by atoms with E-state index in [1.54, 1.807) is 31.1 Å². The largest absolute Gasteiger partial charge is 0.363 e. The van der Waals surface area contributed by atoms with Crippen LogP contribution >= 0.6 is 11.8 Å². The molecule has 110 valence electrons. The van der Waals surface area contributed by atoms with E-state index in [1.807, 2.05) is 6.26 Å². The normalized spacial score (nSPS) is 12.5. The smallest absolute Gasteiger partial charge is 0.244 e. The molecule has 0 aliphatic heterocycles. The molecule has 0 saturated carbocycles. The van der Waals surface area contributed by atoms with Crippen molar-refractivity contribution in [3.63, 3.8) is 0 Å². The molecule has 1 aromatic rings. The number of hydrogen-bond acceptors (Lipinski definition) is 4. The van der Waals surface area contributed by atoms with Gasteiger partial charge in [0.05, 0.1) is 4.90 Å². The van der Waals surface area contributed by atoms with Gasteiger partial charge in [0.1, 0.15) is 0 Å². The first-order valence-electron chi connectivity index (χ1n) is 6.24. The van der Waals surface area contributed by atoms with Gasteiger partial charge in [0.25, 0.3) is 0 Å². The average molecular weight is 305 g/mol. The summed E-state index contributed by atoms with van der Waals surface area (Å²) in [5.74, 6) is 0.794. The van der Waals surface area contributed by atoms with Crippen LogP contribution in [0, 0.1) is 0 Å². The molecule has 5 nitrogen and oxygen atoms in total. The van der Waals surface area contributed by atoms with Gasteiger partial charge in [-0.15, -0.1) is 0 Å². The Kier molecular flexibility index (Phi) is 6.38. The highest BCUT2D eigenvalue weighted by atomic mass is 32.2. The second kappa shape index (κ2) is 7.33. The third-order valence-electron chi connectivity index (χ3n) is 2.74. The molecule has 0 aliphatic carbocycles. The Labute approximate surface area is 120 Å². The molecular formula is C12H23N3O2S2. The monoisotopic (exact) mass is 305 g/mol. The van der Waals surface area contributed by atoms with Gasteiger partial charge in [0.15, 0.2) is 0 Å². The van der Waals surface area contributed by atoms with E-state index < -0.39 is 10.0 Å². The Bertz CT molecular complexity index is 483. The van der Waals surface area contributed by atoms with Crippen molar-refractivity contribution in [2.24, 2.45) is 0 Å². The lowest BCUT2D eigenvalue weighted by Gasteiger charge is -2.15. The number of aromatic nitrogens is 1. The summed E-state index contributed by atoms with van der Waals surface area (Å²) in [5.41, 5.74) is 0.880. The Morgan fingerprint density at radius 2 is 2.16 bits per heavy atom. The predicted molar refractivity (Wildman–Crippen MR) is 81.0 cm³/mol. The minimum atomic E-state index is -3.37. The zero-order valence-corrected chi connectivity index (χ0v) is 13.6. The summed E-state index contributed by atoms with van der Waals surface area (Å²) in [6, 6.07) is 2.06. The standard InChI is InChI=1S/C12H23N3O2S2/c1-10(2)13-8-11-7-12(9-14-11)19(16,17)15(3)5-6-18-4/h7,9-10,13-14H,5-6,8H2,1-4H3. The minimum absolute atomic E-state index is 0.330. The zero-order valence-electron chi connectivity index (χ0n) is 11.9. The number of rotatable bonds is 8. The highest BCUT2D eigenvalue weighted by Gasteiger charge is 2.21. The summed E-state index contributed by atoms with van der Waals surface area (Å²) >= 11 is 1.63. The second-order valence-electron chi connectivity index (χ2n) is 4.72. The van der Waals surface area contributed by atoms with Crippen molar-refractivity contribution in [1.29, 1.82) is 0 Å². The van der Waals surface area contributed by atoms with E-state index in [1.165, 1.54) is 4.31 Å². The molecule has 0 spiro atoms. The van der Waals surface area contributed by atoms with Crippen LogP contribution in [0.5, 0.6) is 0 Å². The van der Waals surface area contributed by atoms with Crippen LogP contribution < -0.4 is 5.32 Å². The Hall–Kier alpha value is -0.500. The molecule has 19 heavy (non-hydrogen) atoms. The van der Waals surface area contributed by atoms with Crippen LogP contribution in [0.25, 0.3) is 0 Å². The molecule has 0 bridgehead atoms. The maximum atomic E-state index is 12.3. The Morgan fingerprint density at radius 3 is 2.74 bits per heavy atom. The number of sulfonamides is 1. The molecule has 0 radical (unpaired) electrons. The zero-order chi connectivity index (χ0) is 14.5. The first kappa shape index (κ1) is 16.6. The van der Waals surface area contributed by atoms with Gasteiger partial charge < -0.3 is 10.3 Å². The van der Waals surface area contributed by atoms with Crippen molar-refractivity contribution in [2.75, 3.05) is 25.6 Å². The number of hydrogen-bond donors (Lipinski definition) is 2. The quantitative estimate of drug-likeness (QED) is 0.764. The van der Waals surface area contributed by atoms with Gasteiger partial charge in [-0.05, 0) is 12.3 Å². The van der Waals surface area contributed by atoms with Crippen molar-refractivity contribution in [3.05, 3.63) is 18.0 Å². The Morgan fingerprint density at radius 1 is 1.47 bits per heavy atom. The molecule has 0 aliphatic rings. The Balaban J connectivity index is 2.73. The summed E-state index contributed by atoms with van der Waals surface area (Å²) in [4.78, 5) is 3.33. The number of H-pyrrole nitrogens is 1. The molecule has 0 fully saturated rings. The third kappa shape index (κ3) is 4.83. The molecule has 2 N–H and O–H groups in total. The van der Waals surface area contributed by atoms with Crippen LogP contribution in [0.4, 0.5) is 0 Å². The maximum Gasteiger partial charge on any atom is 0.244 e. The molecule has 1 rings (SSSR count). The molecule has 7 heteroatoms. The summed E-state index contributed by atoms with van der Waals surface area (Å²) in [6.45, 7) is 5.27. The van der Waals surface area contributed by atoms with E-state index >= 15 is 0 Å². The van der Waals surface area contributed by atoms with Crippen LogP contribution in [0.3, 0.4) is 0 Å². The minimum Gasteiger partial charge on any atom is -0.363 e. The van der Waals surface area contributed by atoms with Crippen molar-refractivity contribution >= 4 is 21.8 Å². The van der Waals surface area contributed by atoms with Crippen molar-refractivity contribution in [2.45, 2.75) is 31.3 Å². The van der Waals surface area contributed by atoms with E-state index in [0.717, 1.165) is 11.4 Å². The van der Waals surface area contributed by atoms with E-state index in [9.17, 15) is 8.42 Å². The fourth-order valence-corrected chi connectivity index (χ4v) is 3.27. The van der Waals surface area contributed by atoms with E-state index in [-0.39, 0.29) is 0 Å². The van der Waals surface area contributed by atoms with Crippen molar-refractivity contribution in [1.82, 2.24) is 14.6 Å². The van der Waals surface area contributed by atoms with E-state index in [4.69, 9.17) is 0 Å². The number of nitrogens with zero attached hydrogens (tertiary/aromatic N) is 1. The second-order valence-corrected chi connectivity index (χ2v) is 7.75. The van der Waals surface area contributed by atoms with E-state index in [2.05, 4.69) is 24.1 Å². The van der Waals surface area contributed by atoms with Crippen LogP contribution in [-0.2, 0) is 16.6 Å². The molecule has 1 aromatic heterocycles. The van der Waals surface area contributed by atoms with Gasteiger partial charge in [0, 0.05) is 43.8 Å². The first-order valence-corrected chi connectivity index (χ1v) is 9.07. The van der Waals surface area contributed by atoms with Gasteiger partial charge in [-0.25, -0.2) is 12.7 Å². The van der Waals surface area contributed by atoms with Gasteiger partial charge in [-0.1, -0.05) is 13.8 Å². The van der Waals surface area contributed by atoms with Gasteiger partial charge in [-0.2, -0.15) is 11.8 Å². The first-order chi connectivity index (χ1) is 8.87. The lowest BCUT2D eigenvalue weighted by atomic mass is 10.3. The van der Waals surface area contributed by atoms with Crippen LogP contribution in [-0.4, -0.2) is 49.3 Å². The van der Waals surface area contributed by atoms with E-state index in [0.29, 0.717) is 24.0 Å². The summed E-state index contributed by atoms with van der Waals surface area (Å²) < 4.78 is 25.9. The molecule has 0 unspecified atom stereocenters. The topological polar surface area (TPSA) is 65.2 Å². The van der Waals surface area contributed by atoms with Gasteiger partial charge >= 0.3 is 0 Å². The molecule has 0 aromatic carbocycles. The number of thioether (sulfide) groups is 1. The van der Waals surface area contributed by atoms with Gasteiger partial charge in [-0.3, -0.25) is 0 Å². The van der Waals surface area contributed by atoms with Crippen LogP contribution in [0.1, 0.15) is 19.5 Å². The number of aromatic amines is 1. The van der Waals surface area contributed by atoms with Crippen molar-refractivity contribution in [3.8, 4) is 0 Å². The lowest BCUT2D eigenvalue weighted by Crippen LogP contribution is -2.28. The molecule has 1 heterocycles. The van der Waals surface area contributed by atoms with Crippen LogP contribution in [0.2, 0.25) is 0 Å². The van der Waals surface area contributed by atoms with Crippen molar-refractivity contribution < 1.29 is 8.42 Å². The third-order valence-corrected chi connectivity index (χ3v) is 5.16. The SMILES string of the molecule is CSCCN(C)S(=O)(=O)c1c[nH]c(CNC(C)C)c1. The fourth-order valence-electron chi connectivity index (χ4n) is 1.50. The van der Waals surface area contributed by atoms with Gasteiger partial charge in [0.2, 0.25) is 10.0 Å².